The van der Waals surface area contributed by atoms with Gasteiger partial charge in [-0.15, -0.1) is 0 Å². The van der Waals surface area contributed by atoms with E-state index < -0.39 is 0 Å². The van der Waals surface area contributed by atoms with E-state index in [1.807, 2.05) is 0 Å². The van der Waals surface area contributed by atoms with Crippen LogP contribution in [-0.2, 0) is 9.59 Å². The van der Waals surface area contributed by atoms with E-state index in [-0.39, 0.29) is 17.9 Å². The summed E-state index contributed by atoms with van der Waals surface area (Å²) in [7, 11) is 1.59. The van der Waals surface area contributed by atoms with E-state index in [1.165, 1.54) is 24.2 Å². The summed E-state index contributed by atoms with van der Waals surface area (Å²) in [5.41, 5.74) is 0. The van der Waals surface area contributed by atoms with Crippen LogP contribution in [0, 0.1) is 11.8 Å². The predicted octanol–water partition coefficient (Wildman–Crippen LogP) is 1.55. The van der Waals surface area contributed by atoms with E-state index in [0.29, 0.717) is 30.7 Å². The highest BCUT2D eigenvalue weighted by atomic mass is 16.2. The average Bonchev–Trinajstić information content (AvgIpc) is 2.34. The van der Waals surface area contributed by atoms with Gasteiger partial charge in [0.15, 0.2) is 0 Å². The van der Waals surface area contributed by atoms with Gasteiger partial charge in [-0.3, -0.25) is 14.5 Å². The lowest BCUT2D eigenvalue weighted by Crippen LogP contribution is -2.57. The normalized spacial score (nSPS) is 38.1. The second-order valence-electron chi connectivity index (χ2n) is 5.96. The fourth-order valence-corrected chi connectivity index (χ4v) is 3.31. The molecule has 4 heteroatoms. The van der Waals surface area contributed by atoms with Crippen molar-refractivity contribution in [2.24, 2.45) is 11.8 Å². The molecule has 0 aromatic heterocycles. The smallest absolute Gasteiger partial charge is 0.246 e. The number of rotatable bonds is 2. The Kier molecular flexibility index (Phi) is 4.05. The molecular formula is C14H24N2O2. The standard InChI is InChI=1S/C14H24N2O2/c1-9-5-4-6-10(2)13(9)15-11-7-8-12(17)16(3)14(11)18/h9-11,13,15H,4-8H2,1-3H3. The highest BCUT2D eigenvalue weighted by Gasteiger charge is 2.36. The van der Waals surface area contributed by atoms with Gasteiger partial charge in [-0.05, 0) is 31.1 Å². The number of imide groups is 1. The van der Waals surface area contributed by atoms with Gasteiger partial charge in [0, 0.05) is 19.5 Å². The second-order valence-corrected chi connectivity index (χ2v) is 5.96. The Morgan fingerprint density at radius 2 is 1.72 bits per heavy atom. The summed E-state index contributed by atoms with van der Waals surface area (Å²) in [5.74, 6) is 1.12. The largest absolute Gasteiger partial charge is 0.303 e. The Bertz CT molecular complexity index is 333. The Labute approximate surface area is 109 Å². The summed E-state index contributed by atoms with van der Waals surface area (Å²) in [4.78, 5) is 24.8. The van der Waals surface area contributed by atoms with Gasteiger partial charge in [0.1, 0.15) is 0 Å². The molecule has 4 nitrogen and oxygen atoms in total. The van der Waals surface area contributed by atoms with Gasteiger partial charge in [0.25, 0.3) is 0 Å². The van der Waals surface area contributed by atoms with Crippen LogP contribution in [0.3, 0.4) is 0 Å². The number of nitrogens with zero attached hydrogens (tertiary/aromatic N) is 1. The van der Waals surface area contributed by atoms with Gasteiger partial charge in [-0.1, -0.05) is 20.3 Å². The molecule has 1 aliphatic carbocycles. The zero-order chi connectivity index (χ0) is 13.3. The van der Waals surface area contributed by atoms with Gasteiger partial charge in [-0.25, -0.2) is 0 Å². The number of likely N-dealkylation sites (N-methyl/N-ethyl adjacent to an activating group) is 1. The predicted molar refractivity (Wildman–Crippen MR) is 69.9 cm³/mol. The number of piperidine rings is 1. The number of hydrogen-bond donors (Lipinski definition) is 1. The molecule has 3 unspecified atom stereocenters. The van der Waals surface area contributed by atoms with Crippen LogP contribution < -0.4 is 5.32 Å². The number of hydrogen-bond acceptors (Lipinski definition) is 3. The topological polar surface area (TPSA) is 49.4 Å². The summed E-state index contributed by atoms with van der Waals surface area (Å²) >= 11 is 0. The quantitative estimate of drug-likeness (QED) is 0.759. The first kappa shape index (κ1) is 13.5. The van der Waals surface area contributed by atoms with Gasteiger partial charge in [-0.2, -0.15) is 0 Å². The van der Waals surface area contributed by atoms with E-state index in [9.17, 15) is 9.59 Å². The minimum Gasteiger partial charge on any atom is -0.303 e. The van der Waals surface area contributed by atoms with Crippen molar-refractivity contribution in [3.8, 4) is 0 Å². The average molecular weight is 252 g/mol. The van der Waals surface area contributed by atoms with Crippen LogP contribution in [0.2, 0.25) is 0 Å². The maximum absolute atomic E-state index is 12.1. The molecule has 1 saturated carbocycles. The van der Waals surface area contributed by atoms with Crippen molar-refractivity contribution in [3.63, 3.8) is 0 Å². The molecule has 0 radical (unpaired) electrons. The summed E-state index contributed by atoms with van der Waals surface area (Å²) in [6, 6.07) is 0.245. The first-order valence-corrected chi connectivity index (χ1v) is 7.07. The van der Waals surface area contributed by atoms with Gasteiger partial charge in [0.05, 0.1) is 6.04 Å². The third-order valence-electron chi connectivity index (χ3n) is 4.59. The Morgan fingerprint density at radius 1 is 1.11 bits per heavy atom. The van der Waals surface area contributed by atoms with Crippen molar-refractivity contribution in [1.82, 2.24) is 10.2 Å². The first-order chi connectivity index (χ1) is 8.50. The zero-order valence-corrected chi connectivity index (χ0v) is 11.6. The van der Waals surface area contributed by atoms with Crippen LogP contribution in [0.25, 0.3) is 0 Å². The number of nitrogens with one attached hydrogen (secondary N) is 1. The van der Waals surface area contributed by atoms with Crippen molar-refractivity contribution < 1.29 is 9.59 Å². The third-order valence-corrected chi connectivity index (χ3v) is 4.59. The number of carbonyl (C=O) groups excluding carboxylic acids is 2. The van der Waals surface area contributed by atoms with Crippen molar-refractivity contribution in [2.75, 3.05) is 7.05 Å². The molecule has 0 aromatic carbocycles. The van der Waals surface area contributed by atoms with Crippen molar-refractivity contribution >= 4 is 11.8 Å². The number of carbonyl (C=O) groups is 2. The monoisotopic (exact) mass is 252 g/mol. The summed E-state index contributed by atoms with van der Waals surface area (Å²) in [6.45, 7) is 4.52. The minimum atomic E-state index is -0.166. The molecule has 1 saturated heterocycles. The maximum Gasteiger partial charge on any atom is 0.246 e. The number of amides is 2. The summed E-state index contributed by atoms with van der Waals surface area (Å²) < 4.78 is 0. The maximum atomic E-state index is 12.1. The van der Waals surface area contributed by atoms with Crippen LogP contribution in [0.1, 0.15) is 46.0 Å². The van der Waals surface area contributed by atoms with E-state index in [0.717, 1.165) is 0 Å². The first-order valence-electron chi connectivity index (χ1n) is 7.07. The molecule has 2 amide bonds. The van der Waals surface area contributed by atoms with Gasteiger partial charge >= 0.3 is 0 Å². The van der Waals surface area contributed by atoms with E-state index in [4.69, 9.17) is 0 Å². The molecule has 0 spiro atoms. The van der Waals surface area contributed by atoms with Crippen molar-refractivity contribution in [2.45, 2.75) is 58.0 Å². The third kappa shape index (κ3) is 2.58. The molecule has 0 aromatic rings. The molecule has 18 heavy (non-hydrogen) atoms. The van der Waals surface area contributed by atoms with Gasteiger partial charge < -0.3 is 5.32 Å². The van der Waals surface area contributed by atoms with E-state index >= 15 is 0 Å². The Hall–Kier alpha value is -0.900. The van der Waals surface area contributed by atoms with Crippen LogP contribution in [-0.4, -0.2) is 35.8 Å². The molecule has 1 N–H and O–H groups in total. The fourth-order valence-electron chi connectivity index (χ4n) is 3.31. The summed E-state index contributed by atoms with van der Waals surface area (Å²) in [6.07, 6.45) is 4.89. The fraction of sp³-hybridized carbons (Fsp3) is 0.857. The van der Waals surface area contributed by atoms with E-state index in [2.05, 4.69) is 19.2 Å². The highest BCUT2D eigenvalue weighted by molar-refractivity contribution is 6.00. The molecule has 1 heterocycles. The lowest BCUT2D eigenvalue weighted by Gasteiger charge is -2.39. The molecule has 0 bridgehead atoms. The minimum absolute atomic E-state index is 0.0530. The molecular weight excluding hydrogens is 228 g/mol. The zero-order valence-electron chi connectivity index (χ0n) is 11.6. The SMILES string of the molecule is CC1CCCC(C)C1NC1CCC(=O)N(C)C1=O. The summed E-state index contributed by atoms with van der Waals surface area (Å²) in [5, 5.41) is 3.51. The molecule has 2 aliphatic rings. The Morgan fingerprint density at radius 3 is 2.33 bits per heavy atom. The van der Waals surface area contributed by atoms with Crippen LogP contribution in [0.5, 0.6) is 0 Å². The molecule has 2 rings (SSSR count). The molecule has 1 aliphatic heterocycles. The molecule has 102 valence electrons. The van der Waals surface area contributed by atoms with Gasteiger partial charge in [0.2, 0.25) is 11.8 Å². The lowest BCUT2D eigenvalue weighted by molar-refractivity contribution is -0.148. The second kappa shape index (κ2) is 5.39. The van der Waals surface area contributed by atoms with Crippen LogP contribution >= 0.6 is 0 Å². The molecule has 2 fully saturated rings. The number of likely N-dealkylation sites (tertiary alicyclic amines) is 1. The molecule has 3 atom stereocenters. The van der Waals surface area contributed by atoms with Crippen LogP contribution in [0.4, 0.5) is 0 Å². The highest BCUT2D eigenvalue weighted by Crippen LogP contribution is 2.29. The van der Waals surface area contributed by atoms with Crippen molar-refractivity contribution in [1.29, 1.82) is 0 Å². The van der Waals surface area contributed by atoms with Crippen LogP contribution in [0.15, 0.2) is 0 Å². The van der Waals surface area contributed by atoms with Crippen molar-refractivity contribution in [3.05, 3.63) is 0 Å². The Balaban J connectivity index is 2.00. The van der Waals surface area contributed by atoms with E-state index in [1.54, 1.807) is 7.05 Å². The lowest BCUT2D eigenvalue weighted by atomic mass is 9.78.